The van der Waals surface area contributed by atoms with Gasteiger partial charge in [0.15, 0.2) is 0 Å². The van der Waals surface area contributed by atoms with Crippen LogP contribution in [0.1, 0.15) is 64.1 Å². The van der Waals surface area contributed by atoms with Gasteiger partial charge in [0.1, 0.15) is 35.3 Å². The summed E-state index contributed by atoms with van der Waals surface area (Å²) in [5.41, 5.74) is 1.60. The molecule has 2 aromatic carbocycles. The maximum atomic E-state index is 13.8. The molecular weight excluding hydrogens is 482 g/mol. The molecule has 4 rings (SSSR count). The van der Waals surface area contributed by atoms with Gasteiger partial charge in [0, 0.05) is 0 Å². The molecule has 7 nitrogen and oxygen atoms in total. The molecule has 204 valence electrons. The Hall–Kier alpha value is -3.35. The molecule has 2 aliphatic rings. The largest absolute Gasteiger partial charge is 0.497 e. The lowest BCUT2D eigenvalue weighted by atomic mass is 9.75. The number of nitrogens with zero attached hydrogens (tertiary/aromatic N) is 1. The molecule has 1 saturated carbocycles. The van der Waals surface area contributed by atoms with Crippen molar-refractivity contribution in [2.45, 2.75) is 65.1 Å². The van der Waals surface area contributed by atoms with Gasteiger partial charge >= 0.3 is 5.97 Å². The molecule has 5 atom stereocenters. The predicted molar refractivity (Wildman–Crippen MR) is 144 cm³/mol. The summed E-state index contributed by atoms with van der Waals surface area (Å²) in [5, 5.41) is 0. The smallest absolute Gasteiger partial charge is 0.330 e. The van der Waals surface area contributed by atoms with Crippen LogP contribution in [0.2, 0.25) is 0 Å². The minimum atomic E-state index is -1.04. The Morgan fingerprint density at radius 3 is 1.87 bits per heavy atom. The van der Waals surface area contributed by atoms with E-state index in [-0.39, 0.29) is 23.7 Å². The summed E-state index contributed by atoms with van der Waals surface area (Å²) < 4.78 is 16.8. The molecule has 1 aliphatic heterocycles. The van der Waals surface area contributed by atoms with E-state index >= 15 is 0 Å². The van der Waals surface area contributed by atoms with Gasteiger partial charge in [-0.2, -0.15) is 0 Å². The zero-order chi connectivity index (χ0) is 27.6. The number of rotatable bonds is 9. The van der Waals surface area contributed by atoms with Crippen molar-refractivity contribution in [2.24, 2.45) is 23.7 Å². The van der Waals surface area contributed by atoms with Crippen LogP contribution in [0.4, 0.5) is 0 Å². The highest BCUT2D eigenvalue weighted by Crippen LogP contribution is 2.43. The second kappa shape index (κ2) is 11.6. The van der Waals surface area contributed by atoms with E-state index in [0.29, 0.717) is 23.3 Å². The minimum absolute atomic E-state index is 0.225. The van der Waals surface area contributed by atoms with Crippen LogP contribution in [0, 0.1) is 23.7 Å². The van der Waals surface area contributed by atoms with Crippen LogP contribution in [-0.4, -0.2) is 48.9 Å². The topological polar surface area (TPSA) is 82.1 Å². The number of likely N-dealkylation sites (tertiary alicyclic amines) is 1. The van der Waals surface area contributed by atoms with E-state index in [1.165, 1.54) is 11.8 Å². The monoisotopic (exact) mass is 521 g/mol. The molecule has 2 aromatic rings. The number of β-lactam (4-membered cyclic amide) rings is 1. The van der Waals surface area contributed by atoms with Crippen molar-refractivity contribution < 1.29 is 28.6 Å². The number of amides is 1. The van der Waals surface area contributed by atoms with E-state index < -0.39 is 24.0 Å². The van der Waals surface area contributed by atoms with Crippen LogP contribution in [0.15, 0.2) is 48.5 Å². The van der Waals surface area contributed by atoms with E-state index in [1.54, 1.807) is 14.2 Å². The number of Topliss-reactive ketones (excluding diaryl/α,β-unsaturated/α-hetero) is 1. The lowest BCUT2D eigenvalue weighted by Crippen LogP contribution is -2.68. The molecule has 7 heteroatoms. The molecular formula is C31H39NO6. The van der Waals surface area contributed by atoms with Crippen molar-refractivity contribution >= 4 is 17.7 Å². The third kappa shape index (κ3) is 5.42. The fourth-order valence-corrected chi connectivity index (χ4v) is 6.00. The average Bonchev–Trinajstić information content (AvgIpc) is 2.89. The first-order valence-corrected chi connectivity index (χ1v) is 13.5. The summed E-state index contributed by atoms with van der Waals surface area (Å²) in [4.78, 5) is 41.4. The Bertz CT molecular complexity index is 1090. The highest BCUT2D eigenvalue weighted by Gasteiger charge is 2.58. The van der Waals surface area contributed by atoms with E-state index in [0.717, 1.165) is 30.4 Å². The summed E-state index contributed by atoms with van der Waals surface area (Å²) in [6.07, 6.45) is 2.68. The maximum absolute atomic E-state index is 13.8. The molecule has 2 fully saturated rings. The summed E-state index contributed by atoms with van der Waals surface area (Å²) >= 11 is 0. The molecule has 1 aliphatic carbocycles. The van der Waals surface area contributed by atoms with E-state index in [2.05, 4.69) is 20.8 Å². The first-order chi connectivity index (χ1) is 18.2. The van der Waals surface area contributed by atoms with Crippen LogP contribution in [0.5, 0.6) is 11.5 Å². The van der Waals surface area contributed by atoms with Crippen molar-refractivity contribution in [1.29, 1.82) is 0 Å². The molecule has 38 heavy (non-hydrogen) atoms. The third-order valence-corrected chi connectivity index (χ3v) is 8.19. The van der Waals surface area contributed by atoms with Crippen molar-refractivity contribution in [1.82, 2.24) is 4.90 Å². The first kappa shape index (κ1) is 27.7. The minimum Gasteiger partial charge on any atom is -0.497 e. The van der Waals surface area contributed by atoms with Crippen molar-refractivity contribution in [3.05, 3.63) is 59.7 Å². The molecule has 0 unspecified atom stereocenters. The second-order valence-electron chi connectivity index (χ2n) is 11.0. The zero-order valence-corrected chi connectivity index (χ0v) is 23.2. The SMILES string of the molecule is COc1ccc(C(c2ccc(OC)cc2)N2C(=O)[C@H](C(C)=O)[C@H]2C(=O)O[C@@H]2C[C@H](C)CC[C@H]2C(C)C)cc1. The number of hydrogen-bond donors (Lipinski definition) is 0. The van der Waals surface area contributed by atoms with E-state index in [9.17, 15) is 14.4 Å². The molecule has 0 spiro atoms. The fraction of sp³-hybridized carbons (Fsp3) is 0.516. The third-order valence-electron chi connectivity index (χ3n) is 8.19. The molecule has 0 radical (unpaired) electrons. The average molecular weight is 522 g/mol. The predicted octanol–water partition coefficient (Wildman–Crippen LogP) is 5.21. The number of carbonyl (C=O) groups excluding carboxylic acids is 3. The lowest BCUT2D eigenvalue weighted by Gasteiger charge is -2.49. The maximum Gasteiger partial charge on any atom is 0.330 e. The van der Waals surface area contributed by atoms with Gasteiger partial charge in [0.05, 0.1) is 20.3 Å². The number of benzene rings is 2. The van der Waals surface area contributed by atoms with E-state index in [4.69, 9.17) is 14.2 Å². The molecule has 1 heterocycles. The van der Waals surface area contributed by atoms with Gasteiger partial charge in [-0.3, -0.25) is 9.59 Å². The molecule has 1 saturated heterocycles. The van der Waals surface area contributed by atoms with Crippen molar-refractivity contribution in [3.63, 3.8) is 0 Å². The Morgan fingerprint density at radius 1 is 0.895 bits per heavy atom. The Morgan fingerprint density at radius 2 is 1.42 bits per heavy atom. The van der Waals surface area contributed by atoms with Crippen LogP contribution < -0.4 is 9.47 Å². The Kier molecular flexibility index (Phi) is 8.44. The number of ketones is 1. The number of carbonyl (C=O) groups is 3. The van der Waals surface area contributed by atoms with Gasteiger partial charge in [-0.05, 0) is 72.9 Å². The van der Waals surface area contributed by atoms with Crippen LogP contribution >= 0.6 is 0 Å². The van der Waals surface area contributed by atoms with E-state index in [1.807, 2.05) is 48.5 Å². The van der Waals surface area contributed by atoms with Gasteiger partial charge in [-0.25, -0.2) is 4.79 Å². The summed E-state index contributed by atoms with van der Waals surface area (Å²) in [7, 11) is 3.18. The van der Waals surface area contributed by atoms with Gasteiger partial charge in [0.2, 0.25) is 5.91 Å². The summed E-state index contributed by atoms with van der Waals surface area (Å²) in [6, 6.07) is 13.2. The molecule has 0 bridgehead atoms. The fourth-order valence-electron chi connectivity index (χ4n) is 6.00. The first-order valence-electron chi connectivity index (χ1n) is 13.5. The Labute approximate surface area is 225 Å². The van der Waals surface area contributed by atoms with Crippen LogP contribution in [-0.2, 0) is 19.1 Å². The van der Waals surface area contributed by atoms with Gasteiger partial charge < -0.3 is 19.1 Å². The summed E-state index contributed by atoms with van der Waals surface area (Å²) in [6.45, 7) is 7.86. The number of hydrogen-bond acceptors (Lipinski definition) is 6. The van der Waals surface area contributed by atoms with Gasteiger partial charge in [0.25, 0.3) is 0 Å². The van der Waals surface area contributed by atoms with Crippen LogP contribution in [0.25, 0.3) is 0 Å². The Balaban J connectivity index is 1.71. The quantitative estimate of drug-likeness (QED) is 0.256. The molecule has 0 aromatic heterocycles. The zero-order valence-electron chi connectivity index (χ0n) is 23.2. The number of methoxy groups -OCH3 is 2. The second-order valence-corrected chi connectivity index (χ2v) is 11.0. The normalized spacial score (nSPS) is 25.2. The van der Waals surface area contributed by atoms with Crippen molar-refractivity contribution in [2.75, 3.05) is 14.2 Å². The van der Waals surface area contributed by atoms with Gasteiger partial charge in [-0.1, -0.05) is 51.5 Å². The summed E-state index contributed by atoms with van der Waals surface area (Å²) in [5.74, 6) is 0.214. The van der Waals surface area contributed by atoms with Crippen LogP contribution in [0.3, 0.4) is 0 Å². The number of ether oxygens (including phenoxy) is 3. The lowest BCUT2D eigenvalue weighted by molar-refractivity contribution is -0.185. The molecule has 0 N–H and O–H groups in total. The van der Waals surface area contributed by atoms with Gasteiger partial charge in [-0.15, -0.1) is 0 Å². The molecule has 1 amide bonds. The highest BCUT2D eigenvalue weighted by molar-refractivity contribution is 6.11. The van der Waals surface area contributed by atoms with Crippen molar-refractivity contribution in [3.8, 4) is 11.5 Å². The number of esters is 1. The standard InChI is InChI=1S/C31H39NO6/c1-18(2)25-16-7-19(3)17-26(25)38-31(35)29-27(20(4)33)30(34)32(29)28(21-8-12-23(36-5)13-9-21)22-10-14-24(37-6)15-11-22/h8-15,18-19,25-29H,7,16-17H2,1-6H3/t19-,25+,26-,27-,29+/m1/s1. The highest BCUT2D eigenvalue weighted by atomic mass is 16.5.